The molecule has 12 heteroatoms. The highest BCUT2D eigenvalue weighted by atomic mass is 32.1. The molecule has 0 saturated heterocycles. The van der Waals surface area contributed by atoms with Crippen LogP contribution in [0, 0.1) is 5.41 Å². The van der Waals surface area contributed by atoms with Crippen LogP contribution in [0.5, 0.6) is 0 Å². The molecule has 1 atom stereocenters. The molecule has 8 nitrogen and oxygen atoms in total. The number of nitrogens with one attached hydrogen (secondary N) is 4. The van der Waals surface area contributed by atoms with E-state index in [1.54, 1.807) is 45.9 Å². The van der Waals surface area contributed by atoms with E-state index in [9.17, 15) is 22.8 Å². The predicted octanol–water partition coefficient (Wildman–Crippen LogP) is 4.51. The van der Waals surface area contributed by atoms with Crippen molar-refractivity contribution in [3.8, 4) is 0 Å². The molecule has 2 rings (SSSR count). The smallest absolute Gasteiger partial charge is 0.416 e. The number of carbonyl (C=O) groups excluding carboxylic acids is 2. The van der Waals surface area contributed by atoms with E-state index < -0.39 is 34.7 Å². The molecule has 202 valence electrons. The molecule has 0 aliphatic heterocycles. The zero-order valence-electron chi connectivity index (χ0n) is 21.3. The summed E-state index contributed by atoms with van der Waals surface area (Å²) in [5.74, 6) is -0.527. The lowest BCUT2D eigenvalue weighted by Gasteiger charge is -2.34. The number of urea groups is 1. The van der Waals surface area contributed by atoms with Gasteiger partial charge < -0.3 is 31.7 Å². The number of esters is 1. The van der Waals surface area contributed by atoms with Gasteiger partial charge in [-0.1, -0.05) is 24.3 Å². The Bertz CT molecular complexity index is 1150. The molecule has 0 aliphatic rings. The van der Waals surface area contributed by atoms with Gasteiger partial charge in [-0.3, -0.25) is 4.79 Å². The molecular weight excluding hydrogens is 507 g/mol. The third kappa shape index (κ3) is 8.24. The zero-order chi connectivity index (χ0) is 28.0. The van der Waals surface area contributed by atoms with E-state index in [1.807, 2.05) is 0 Å². The van der Waals surface area contributed by atoms with Gasteiger partial charge in [0.15, 0.2) is 5.11 Å². The first kappa shape index (κ1) is 29.7. The monoisotopic (exact) mass is 539 g/mol. The summed E-state index contributed by atoms with van der Waals surface area (Å²) in [6.45, 7) is 6.41. The molecule has 0 aliphatic carbocycles. The second-order valence-corrected chi connectivity index (χ2v) is 10.0. The van der Waals surface area contributed by atoms with Gasteiger partial charge in [-0.2, -0.15) is 13.2 Å². The Labute approximate surface area is 219 Å². The van der Waals surface area contributed by atoms with Gasteiger partial charge in [0, 0.05) is 13.6 Å². The fraction of sp³-hybridized carbons (Fsp3) is 0.400. The molecule has 0 aromatic heterocycles. The molecule has 2 aromatic carbocycles. The SMILES string of the molecule is CNC(=O)NCc1cccc(N)c1NC(=S)NC(C)(COC(=O)C(C)(C)C)c1cccc(C(F)(F)F)c1. The topological polar surface area (TPSA) is 118 Å². The molecule has 0 bridgehead atoms. The molecule has 2 aromatic rings. The van der Waals surface area contributed by atoms with E-state index in [0.29, 0.717) is 16.9 Å². The average molecular weight is 540 g/mol. The van der Waals surface area contributed by atoms with Crippen molar-refractivity contribution in [2.24, 2.45) is 5.41 Å². The fourth-order valence-corrected chi connectivity index (χ4v) is 3.56. The summed E-state index contributed by atoms with van der Waals surface area (Å²) >= 11 is 5.48. The maximum Gasteiger partial charge on any atom is 0.416 e. The largest absolute Gasteiger partial charge is 0.462 e. The summed E-state index contributed by atoms with van der Waals surface area (Å²) in [5, 5.41) is 11.1. The van der Waals surface area contributed by atoms with Crippen molar-refractivity contribution in [2.75, 3.05) is 24.7 Å². The highest BCUT2D eigenvalue weighted by Crippen LogP contribution is 2.33. The Kier molecular flexibility index (Phi) is 9.37. The number of nitrogen functional groups attached to an aromatic ring is 1. The summed E-state index contributed by atoms with van der Waals surface area (Å²) in [6, 6.07) is 9.38. The molecule has 6 N–H and O–H groups in total. The number of anilines is 2. The fourth-order valence-electron chi connectivity index (χ4n) is 3.24. The second-order valence-electron chi connectivity index (χ2n) is 9.63. The van der Waals surface area contributed by atoms with Crippen LogP contribution in [0.3, 0.4) is 0 Å². The molecule has 2 amide bonds. The molecule has 1 unspecified atom stereocenters. The van der Waals surface area contributed by atoms with E-state index in [4.69, 9.17) is 22.7 Å². The van der Waals surface area contributed by atoms with Crippen LogP contribution in [0.2, 0.25) is 0 Å². The normalized spacial score (nSPS) is 13.2. The number of para-hydroxylation sites is 1. The molecule has 0 spiro atoms. The number of halogens is 3. The Hall–Kier alpha value is -3.54. The number of carbonyl (C=O) groups is 2. The standard InChI is InChI=1S/C25H32F3N5O3S/c1-23(2,3)20(34)36-14-24(4,16-9-7-10-17(12-16)25(26,27)28)33-22(37)32-19-15(8-6-11-18(19)29)13-31-21(35)30-5/h6-12H,13-14,29H2,1-5H3,(H2,30,31,35)(H2,32,33,37). The van der Waals surface area contributed by atoms with Gasteiger partial charge >= 0.3 is 18.2 Å². The number of alkyl halides is 3. The van der Waals surface area contributed by atoms with Crippen LogP contribution in [0.4, 0.5) is 29.3 Å². The van der Waals surface area contributed by atoms with Crippen molar-refractivity contribution >= 4 is 40.7 Å². The van der Waals surface area contributed by atoms with Gasteiger partial charge in [-0.05, 0) is 69.2 Å². The third-order valence-corrected chi connectivity index (χ3v) is 5.61. The van der Waals surface area contributed by atoms with Gasteiger partial charge in [0.2, 0.25) is 0 Å². The minimum atomic E-state index is -4.57. The Balaban J connectivity index is 2.37. The van der Waals surface area contributed by atoms with Crippen LogP contribution in [0.1, 0.15) is 44.4 Å². The minimum absolute atomic E-state index is 0.0193. The van der Waals surface area contributed by atoms with Crippen molar-refractivity contribution in [1.29, 1.82) is 0 Å². The van der Waals surface area contributed by atoms with Crippen LogP contribution in [0.25, 0.3) is 0 Å². The Morgan fingerprint density at radius 3 is 2.24 bits per heavy atom. The van der Waals surface area contributed by atoms with Crippen molar-refractivity contribution in [1.82, 2.24) is 16.0 Å². The Morgan fingerprint density at radius 1 is 1.03 bits per heavy atom. The number of nitrogens with two attached hydrogens (primary N) is 1. The first-order valence-corrected chi connectivity index (χ1v) is 11.7. The Morgan fingerprint density at radius 2 is 1.65 bits per heavy atom. The van der Waals surface area contributed by atoms with E-state index >= 15 is 0 Å². The summed E-state index contributed by atoms with van der Waals surface area (Å²) in [5.41, 5.74) is 4.68. The van der Waals surface area contributed by atoms with Gasteiger partial charge in [-0.25, -0.2) is 4.79 Å². The maximum atomic E-state index is 13.4. The van der Waals surface area contributed by atoms with Crippen molar-refractivity contribution < 1.29 is 27.5 Å². The number of amides is 2. The lowest BCUT2D eigenvalue weighted by atomic mass is 9.91. The number of thiocarbonyl (C=S) groups is 1. The minimum Gasteiger partial charge on any atom is -0.462 e. The number of ether oxygens (including phenoxy) is 1. The average Bonchev–Trinajstić information content (AvgIpc) is 2.81. The van der Waals surface area contributed by atoms with Gasteiger partial charge in [0.1, 0.15) is 6.61 Å². The van der Waals surface area contributed by atoms with Crippen LogP contribution in [-0.4, -0.2) is 30.8 Å². The summed E-state index contributed by atoms with van der Waals surface area (Å²) < 4.78 is 45.8. The highest BCUT2D eigenvalue weighted by Gasteiger charge is 2.36. The predicted molar refractivity (Wildman–Crippen MR) is 141 cm³/mol. The van der Waals surface area contributed by atoms with Crippen LogP contribution < -0.4 is 27.0 Å². The van der Waals surface area contributed by atoms with Crippen molar-refractivity contribution in [2.45, 2.75) is 46.0 Å². The van der Waals surface area contributed by atoms with Crippen molar-refractivity contribution in [3.63, 3.8) is 0 Å². The van der Waals surface area contributed by atoms with Crippen LogP contribution in [0.15, 0.2) is 42.5 Å². The quantitative estimate of drug-likeness (QED) is 0.200. The van der Waals surface area contributed by atoms with E-state index in [0.717, 1.165) is 12.1 Å². The maximum absolute atomic E-state index is 13.4. The third-order valence-electron chi connectivity index (χ3n) is 5.41. The number of hydrogen-bond donors (Lipinski definition) is 5. The first-order valence-electron chi connectivity index (χ1n) is 11.3. The van der Waals surface area contributed by atoms with Gasteiger partial charge in [-0.15, -0.1) is 0 Å². The first-order chi connectivity index (χ1) is 17.1. The zero-order valence-corrected chi connectivity index (χ0v) is 22.1. The summed E-state index contributed by atoms with van der Waals surface area (Å²) in [7, 11) is 1.48. The number of benzene rings is 2. The van der Waals surface area contributed by atoms with Crippen molar-refractivity contribution in [3.05, 3.63) is 59.2 Å². The van der Waals surface area contributed by atoms with E-state index in [-0.39, 0.29) is 23.8 Å². The van der Waals surface area contributed by atoms with Gasteiger partial charge in [0.25, 0.3) is 0 Å². The molecule has 37 heavy (non-hydrogen) atoms. The van der Waals surface area contributed by atoms with E-state index in [1.165, 1.54) is 19.2 Å². The number of rotatable bonds is 7. The van der Waals surface area contributed by atoms with Crippen LogP contribution >= 0.6 is 12.2 Å². The second kappa shape index (κ2) is 11.7. The molecule has 0 saturated carbocycles. The van der Waals surface area contributed by atoms with E-state index in [2.05, 4.69) is 21.3 Å². The summed E-state index contributed by atoms with van der Waals surface area (Å²) in [6.07, 6.45) is -4.57. The highest BCUT2D eigenvalue weighted by molar-refractivity contribution is 7.80. The number of hydrogen-bond acceptors (Lipinski definition) is 5. The van der Waals surface area contributed by atoms with Gasteiger partial charge in [0.05, 0.1) is 27.9 Å². The molecule has 0 radical (unpaired) electrons. The van der Waals surface area contributed by atoms with Crippen LogP contribution in [-0.2, 0) is 27.8 Å². The molecule has 0 heterocycles. The molecular formula is C25H32F3N5O3S. The lowest BCUT2D eigenvalue weighted by Crippen LogP contribution is -2.49. The molecule has 0 fully saturated rings. The lowest BCUT2D eigenvalue weighted by molar-refractivity contribution is -0.155. The summed E-state index contributed by atoms with van der Waals surface area (Å²) in [4.78, 5) is 24.1.